The molecule has 11 heteroatoms. The Balaban J connectivity index is 1.31. The molecule has 0 radical (unpaired) electrons. The summed E-state index contributed by atoms with van der Waals surface area (Å²) in [5, 5.41) is 58.4. The molecule has 0 aromatic carbocycles. The van der Waals surface area contributed by atoms with E-state index in [9.17, 15) is 49.5 Å². The maximum Gasteiger partial charge on any atom is 0.306 e. The summed E-state index contributed by atoms with van der Waals surface area (Å²) in [4.78, 5) is 68.0. The van der Waals surface area contributed by atoms with Crippen molar-refractivity contribution in [3.05, 3.63) is 23.3 Å². The Bertz CT molecular complexity index is 1830. The first-order valence-corrected chi connectivity index (χ1v) is 21.9. The first kappa shape index (κ1) is 41.2. The van der Waals surface area contributed by atoms with Gasteiger partial charge < -0.3 is 30.3 Å². The van der Waals surface area contributed by atoms with Crippen LogP contribution in [0, 0.1) is 62.6 Å². The van der Waals surface area contributed by atoms with Gasteiger partial charge in [0.05, 0.1) is 12.2 Å². The number of carbonyl (C=O) groups excluding carboxylic acids is 5. The molecule has 15 atom stereocenters. The van der Waals surface area contributed by atoms with Crippen molar-refractivity contribution in [1.82, 2.24) is 0 Å². The average Bonchev–Trinajstić information content (AvgIpc) is 3.60. The number of rotatable bonds is 8. The summed E-state index contributed by atoms with van der Waals surface area (Å²) in [5.74, 6) is -3.27. The van der Waals surface area contributed by atoms with Crippen LogP contribution in [0.25, 0.3) is 0 Å². The lowest BCUT2D eigenvalue weighted by molar-refractivity contribution is -0.271. The van der Waals surface area contributed by atoms with Crippen LogP contribution in [-0.4, -0.2) is 91.3 Å². The number of fused-ring (bicyclic) bond motifs is 10. The highest BCUT2D eigenvalue weighted by atomic mass is 16.6. The SMILES string of the molecule is CCCC(=O)O[C@@]1(C(=O)CO)CC[C@H]2[C@@H]3CCC4=CC(=O)CC[C@]4(C)[C@@]3(C3CC(=O)C=C4CC[C@@H]5[C@H]([C@@H](O)C[C@@]6(C)[C@H]5CC[C@]6(O)C(=O)CO)[C@]43C)[C@@H](O)C[C@@]21C. The van der Waals surface area contributed by atoms with Gasteiger partial charge in [-0.1, -0.05) is 45.8 Å². The van der Waals surface area contributed by atoms with Crippen LogP contribution in [0.2, 0.25) is 0 Å². The number of Topliss-reactive ketones (excluding diaryl/α,β-unsaturated/α-hetero) is 2. The summed E-state index contributed by atoms with van der Waals surface area (Å²) in [5.41, 5.74) is -5.98. The van der Waals surface area contributed by atoms with E-state index >= 15 is 0 Å². The van der Waals surface area contributed by atoms with Gasteiger partial charge in [0.2, 0.25) is 5.78 Å². The molecule has 57 heavy (non-hydrogen) atoms. The zero-order valence-corrected chi connectivity index (χ0v) is 34.5. The van der Waals surface area contributed by atoms with Crippen LogP contribution in [0.15, 0.2) is 23.3 Å². The summed E-state index contributed by atoms with van der Waals surface area (Å²) >= 11 is 0. The fourth-order valence-corrected chi connectivity index (χ4v) is 16.9. The predicted octanol–water partition coefficient (Wildman–Crippen LogP) is 4.52. The maximum atomic E-state index is 14.3. The fraction of sp³-hybridized carbons (Fsp3) is 0.804. The molecule has 0 aromatic rings. The monoisotopic (exact) mass is 792 g/mol. The predicted molar refractivity (Wildman–Crippen MR) is 207 cm³/mol. The first-order chi connectivity index (χ1) is 26.8. The van der Waals surface area contributed by atoms with E-state index < -0.39 is 87.2 Å². The highest BCUT2D eigenvalue weighted by molar-refractivity contribution is 5.94. The van der Waals surface area contributed by atoms with Crippen LogP contribution in [0.4, 0.5) is 0 Å². The smallest absolute Gasteiger partial charge is 0.306 e. The number of esters is 1. The summed E-state index contributed by atoms with van der Waals surface area (Å²) in [6, 6.07) is 0. The Morgan fingerprint density at radius 3 is 2.12 bits per heavy atom. The van der Waals surface area contributed by atoms with Crippen molar-refractivity contribution in [3.8, 4) is 0 Å². The number of hydrogen-bond donors (Lipinski definition) is 5. The standard InChI is InChI=1S/C46H64O11/c1-6-7-38(55)57-45(37(54)24-48)17-14-31-32-11-9-25-18-27(49)12-15-40(25,2)46(32,35(52)22-42(31,45)4)34-20-28(50)19-26-8-10-29-30-13-16-44(56,36(53)23-47)41(30,3)21-33(51)39(29)43(26,34)5/h18-19,29-35,39,47-48,51-52,56H,6-17,20-24H2,1-5H3/t29-,30-,31-,32-,33-,34?,35-,39+,40-,41-,42-,43+,44-,45+,46-/m0/s1. The minimum absolute atomic E-state index is 0.0326. The van der Waals surface area contributed by atoms with Gasteiger partial charge in [-0.15, -0.1) is 0 Å². The van der Waals surface area contributed by atoms with Crippen LogP contribution in [-0.2, 0) is 28.7 Å². The third kappa shape index (κ3) is 4.98. The molecule has 6 fully saturated rings. The van der Waals surface area contributed by atoms with Crippen LogP contribution >= 0.6 is 0 Å². The van der Waals surface area contributed by atoms with E-state index in [0.29, 0.717) is 51.4 Å². The second kappa shape index (κ2) is 13.5. The molecular weight excluding hydrogens is 728 g/mol. The first-order valence-electron chi connectivity index (χ1n) is 21.9. The van der Waals surface area contributed by atoms with Gasteiger partial charge in [0, 0.05) is 35.5 Å². The van der Waals surface area contributed by atoms with Gasteiger partial charge >= 0.3 is 5.97 Å². The molecule has 0 heterocycles. The molecular formula is C46H64O11. The van der Waals surface area contributed by atoms with Crippen molar-refractivity contribution < 1.29 is 54.2 Å². The number of ketones is 4. The van der Waals surface area contributed by atoms with Gasteiger partial charge in [-0.05, 0) is 136 Å². The molecule has 0 amide bonds. The molecule has 8 aliphatic rings. The van der Waals surface area contributed by atoms with Gasteiger partial charge in [0.25, 0.3) is 0 Å². The lowest BCUT2D eigenvalue weighted by Crippen LogP contribution is -2.73. The zero-order chi connectivity index (χ0) is 41.3. The fourth-order valence-electron chi connectivity index (χ4n) is 16.9. The van der Waals surface area contributed by atoms with Crippen molar-refractivity contribution in [2.24, 2.45) is 62.6 Å². The molecule has 0 saturated heterocycles. The number of ether oxygens (including phenoxy) is 1. The third-order valence-corrected chi connectivity index (χ3v) is 19.1. The molecule has 8 aliphatic carbocycles. The lowest BCUT2D eigenvalue weighted by Gasteiger charge is -2.74. The Kier molecular flexibility index (Phi) is 9.73. The Labute approximate surface area is 336 Å². The highest BCUT2D eigenvalue weighted by Crippen LogP contribution is 2.80. The Hall–Kier alpha value is -2.57. The van der Waals surface area contributed by atoms with Crippen molar-refractivity contribution in [2.45, 2.75) is 154 Å². The van der Waals surface area contributed by atoms with E-state index in [-0.39, 0.29) is 86.1 Å². The normalized spacial score (nSPS) is 49.9. The molecule has 0 bridgehead atoms. The van der Waals surface area contributed by atoms with Crippen LogP contribution in [0.3, 0.4) is 0 Å². The molecule has 6 saturated carbocycles. The molecule has 1 unspecified atom stereocenters. The number of carbonyl (C=O) groups is 5. The molecule has 0 spiro atoms. The molecule has 5 N–H and O–H groups in total. The second-order valence-corrected chi connectivity index (χ2v) is 20.6. The van der Waals surface area contributed by atoms with Crippen LogP contribution in [0.5, 0.6) is 0 Å². The van der Waals surface area contributed by atoms with Crippen molar-refractivity contribution in [3.63, 3.8) is 0 Å². The molecule has 8 rings (SSSR count). The van der Waals surface area contributed by atoms with Crippen LogP contribution < -0.4 is 0 Å². The molecule has 11 nitrogen and oxygen atoms in total. The molecule has 0 aromatic heterocycles. The average molecular weight is 793 g/mol. The van der Waals surface area contributed by atoms with Crippen molar-refractivity contribution >= 4 is 29.1 Å². The zero-order valence-electron chi connectivity index (χ0n) is 34.5. The Morgan fingerprint density at radius 1 is 0.772 bits per heavy atom. The van der Waals surface area contributed by atoms with E-state index in [1.54, 1.807) is 12.2 Å². The van der Waals surface area contributed by atoms with Gasteiger partial charge in [0.15, 0.2) is 23.0 Å². The van der Waals surface area contributed by atoms with E-state index in [1.165, 1.54) is 0 Å². The van der Waals surface area contributed by atoms with E-state index in [0.717, 1.165) is 11.1 Å². The minimum atomic E-state index is -1.77. The van der Waals surface area contributed by atoms with Crippen molar-refractivity contribution in [1.29, 1.82) is 0 Å². The highest BCUT2D eigenvalue weighted by Gasteiger charge is 2.79. The number of hydrogen-bond acceptors (Lipinski definition) is 11. The quantitative estimate of drug-likeness (QED) is 0.217. The van der Waals surface area contributed by atoms with Crippen LogP contribution in [0.1, 0.15) is 131 Å². The van der Waals surface area contributed by atoms with E-state index in [1.807, 2.05) is 20.8 Å². The number of aliphatic hydroxyl groups excluding tert-OH is 4. The topological polar surface area (TPSA) is 196 Å². The summed E-state index contributed by atoms with van der Waals surface area (Å²) in [6.45, 7) is 8.46. The maximum absolute atomic E-state index is 14.3. The van der Waals surface area contributed by atoms with Gasteiger partial charge in [-0.2, -0.15) is 0 Å². The third-order valence-electron chi connectivity index (χ3n) is 19.1. The van der Waals surface area contributed by atoms with Gasteiger partial charge in [0.1, 0.15) is 18.8 Å². The van der Waals surface area contributed by atoms with Crippen molar-refractivity contribution in [2.75, 3.05) is 13.2 Å². The summed E-state index contributed by atoms with van der Waals surface area (Å²) in [7, 11) is 0. The largest absolute Gasteiger partial charge is 0.450 e. The Morgan fingerprint density at radius 2 is 1.44 bits per heavy atom. The lowest BCUT2D eigenvalue weighted by atomic mass is 9.30. The minimum Gasteiger partial charge on any atom is -0.450 e. The second-order valence-electron chi connectivity index (χ2n) is 20.6. The molecule has 0 aliphatic heterocycles. The number of aliphatic hydroxyl groups is 5. The molecule has 314 valence electrons. The van der Waals surface area contributed by atoms with Gasteiger partial charge in [-0.3, -0.25) is 24.0 Å². The number of allylic oxidation sites excluding steroid dienone is 2. The van der Waals surface area contributed by atoms with Gasteiger partial charge in [-0.25, -0.2) is 0 Å². The van der Waals surface area contributed by atoms with E-state index in [2.05, 4.69) is 13.8 Å². The van der Waals surface area contributed by atoms with E-state index in [4.69, 9.17) is 4.74 Å². The summed E-state index contributed by atoms with van der Waals surface area (Å²) in [6.07, 6.45) is 7.19. The summed E-state index contributed by atoms with van der Waals surface area (Å²) < 4.78 is 6.24.